The molecule has 3 rings (SSSR count). The van der Waals surface area contributed by atoms with Crippen molar-refractivity contribution in [3.63, 3.8) is 0 Å². The van der Waals surface area contributed by atoms with Crippen molar-refractivity contribution in [2.45, 2.75) is 6.92 Å². The molecule has 102 valence electrons. The Kier molecular flexibility index (Phi) is 2.98. The van der Waals surface area contributed by atoms with E-state index in [1.807, 2.05) is 13.0 Å². The average Bonchev–Trinajstić information content (AvgIpc) is 2.73. The van der Waals surface area contributed by atoms with E-state index in [1.54, 1.807) is 0 Å². The highest BCUT2D eigenvalue weighted by Gasteiger charge is 2.11. The van der Waals surface area contributed by atoms with Crippen LogP contribution in [0, 0.1) is 18.6 Å². The number of fused-ring (bicyclic) bond motifs is 1. The molecule has 0 atom stereocenters. The monoisotopic (exact) mass is 292 g/mol. The molecule has 0 unspecified atom stereocenters. The normalized spacial score (nSPS) is 10.9. The largest absolute Gasteiger partial charge is 0.368 e. The van der Waals surface area contributed by atoms with Crippen molar-refractivity contribution in [3.8, 4) is 0 Å². The van der Waals surface area contributed by atoms with Gasteiger partial charge in [-0.2, -0.15) is 4.98 Å². The number of benzene rings is 1. The fraction of sp³-hybridized carbons (Fsp3) is 0.0769. The summed E-state index contributed by atoms with van der Waals surface area (Å²) in [7, 11) is 0. The second-order valence-corrected chi connectivity index (χ2v) is 5.49. The van der Waals surface area contributed by atoms with Crippen molar-refractivity contribution in [1.82, 2.24) is 9.97 Å². The van der Waals surface area contributed by atoms with Gasteiger partial charge in [0.1, 0.15) is 22.3 Å². The third kappa shape index (κ3) is 2.27. The number of nitrogens with zero attached hydrogens (tertiary/aromatic N) is 2. The Balaban J connectivity index is 2.10. The maximum Gasteiger partial charge on any atom is 0.223 e. The SMILES string of the molecule is Cc1cc2c(Nc3ccc(F)cc3F)nc(N)nc2s1. The van der Waals surface area contributed by atoms with Crippen LogP contribution in [0.25, 0.3) is 10.2 Å². The Morgan fingerprint density at radius 2 is 2.00 bits per heavy atom. The predicted octanol–water partition coefficient (Wildman–Crippen LogP) is 3.60. The predicted molar refractivity (Wildman–Crippen MR) is 76.2 cm³/mol. The lowest BCUT2D eigenvalue weighted by Gasteiger charge is -2.08. The highest BCUT2D eigenvalue weighted by molar-refractivity contribution is 7.18. The molecular formula is C13H10F2N4S. The number of thiophene rings is 1. The number of aryl methyl sites for hydroxylation is 1. The molecule has 0 fully saturated rings. The van der Waals surface area contributed by atoms with E-state index < -0.39 is 11.6 Å². The van der Waals surface area contributed by atoms with Crippen LogP contribution < -0.4 is 11.1 Å². The van der Waals surface area contributed by atoms with Crippen LogP contribution in [0.15, 0.2) is 24.3 Å². The molecule has 2 heterocycles. The van der Waals surface area contributed by atoms with Gasteiger partial charge in [0.25, 0.3) is 0 Å². The van der Waals surface area contributed by atoms with Gasteiger partial charge in [-0.3, -0.25) is 0 Å². The fourth-order valence-corrected chi connectivity index (χ4v) is 2.76. The summed E-state index contributed by atoms with van der Waals surface area (Å²) in [5, 5.41) is 3.59. The third-order valence-electron chi connectivity index (χ3n) is 2.72. The lowest BCUT2D eigenvalue weighted by molar-refractivity contribution is 0.586. The lowest BCUT2D eigenvalue weighted by Crippen LogP contribution is -2.01. The number of nitrogens with one attached hydrogen (secondary N) is 1. The smallest absolute Gasteiger partial charge is 0.223 e. The molecule has 0 radical (unpaired) electrons. The Morgan fingerprint density at radius 1 is 1.20 bits per heavy atom. The fourth-order valence-electron chi connectivity index (χ4n) is 1.87. The number of anilines is 3. The lowest BCUT2D eigenvalue weighted by atomic mass is 10.2. The second-order valence-electron chi connectivity index (χ2n) is 4.26. The molecule has 0 aliphatic rings. The molecule has 0 saturated heterocycles. The van der Waals surface area contributed by atoms with Gasteiger partial charge in [-0.15, -0.1) is 11.3 Å². The molecule has 3 N–H and O–H groups in total. The molecule has 0 aliphatic carbocycles. The number of aromatic nitrogens is 2. The minimum absolute atomic E-state index is 0.101. The van der Waals surface area contributed by atoms with E-state index in [9.17, 15) is 8.78 Å². The first-order valence-corrected chi connectivity index (χ1v) is 6.60. The minimum atomic E-state index is -0.692. The molecule has 4 nitrogen and oxygen atoms in total. The first-order valence-electron chi connectivity index (χ1n) is 5.78. The van der Waals surface area contributed by atoms with E-state index in [1.165, 1.54) is 23.5 Å². The number of hydrogen-bond donors (Lipinski definition) is 2. The molecule has 0 aliphatic heterocycles. The molecule has 0 amide bonds. The van der Waals surface area contributed by atoms with E-state index in [-0.39, 0.29) is 11.6 Å². The quantitative estimate of drug-likeness (QED) is 0.757. The molecule has 0 saturated carbocycles. The first-order chi connectivity index (χ1) is 9.52. The number of nitrogens with two attached hydrogens (primary N) is 1. The summed E-state index contributed by atoms with van der Waals surface area (Å²) >= 11 is 1.47. The minimum Gasteiger partial charge on any atom is -0.368 e. The van der Waals surface area contributed by atoms with Crippen LogP contribution in [-0.4, -0.2) is 9.97 Å². The molecular weight excluding hydrogens is 282 g/mol. The molecule has 2 aromatic heterocycles. The van der Waals surface area contributed by atoms with Crippen LogP contribution in [0.4, 0.5) is 26.2 Å². The standard InChI is InChI=1S/C13H10F2N4S/c1-6-4-8-11(18-13(16)19-12(8)20-6)17-10-3-2-7(14)5-9(10)15/h2-5H,1H3,(H3,16,17,18,19). The van der Waals surface area contributed by atoms with Crippen molar-refractivity contribution in [1.29, 1.82) is 0 Å². The van der Waals surface area contributed by atoms with Crippen molar-refractivity contribution >= 4 is 39.0 Å². The summed E-state index contributed by atoms with van der Waals surface area (Å²) in [6.07, 6.45) is 0. The van der Waals surface area contributed by atoms with Gasteiger partial charge in [-0.25, -0.2) is 13.8 Å². The van der Waals surface area contributed by atoms with E-state index in [0.717, 1.165) is 21.2 Å². The summed E-state index contributed by atoms with van der Waals surface area (Å²) in [5.41, 5.74) is 5.77. The van der Waals surface area contributed by atoms with E-state index in [0.29, 0.717) is 5.82 Å². The Morgan fingerprint density at radius 3 is 2.75 bits per heavy atom. The van der Waals surface area contributed by atoms with Crippen molar-refractivity contribution < 1.29 is 8.78 Å². The van der Waals surface area contributed by atoms with Gasteiger partial charge in [0.05, 0.1) is 11.1 Å². The zero-order valence-electron chi connectivity index (χ0n) is 10.4. The highest BCUT2D eigenvalue weighted by Crippen LogP contribution is 2.31. The topological polar surface area (TPSA) is 63.8 Å². The maximum absolute atomic E-state index is 13.7. The molecule has 20 heavy (non-hydrogen) atoms. The number of rotatable bonds is 2. The highest BCUT2D eigenvalue weighted by atomic mass is 32.1. The van der Waals surface area contributed by atoms with Gasteiger partial charge in [-0.05, 0) is 25.1 Å². The van der Waals surface area contributed by atoms with E-state index >= 15 is 0 Å². The van der Waals surface area contributed by atoms with Crippen LogP contribution in [0.3, 0.4) is 0 Å². The summed E-state index contributed by atoms with van der Waals surface area (Å²) < 4.78 is 26.6. The van der Waals surface area contributed by atoms with Crippen molar-refractivity contribution in [3.05, 3.63) is 40.8 Å². The zero-order valence-corrected chi connectivity index (χ0v) is 11.3. The molecule has 7 heteroatoms. The van der Waals surface area contributed by atoms with Gasteiger partial charge in [0, 0.05) is 10.9 Å². The third-order valence-corrected chi connectivity index (χ3v) is 3.66. The summed E-state index contributed by atoms with van der Waals surface area (Å²) in [5.74, 6) is -0.819. The van der Waals surface area contributed by atoms with Crippen LogP contribution in [0.2, 0.25) is 0 Å². The number of hydrogen-bond acceptors (Lipinski definition) is 5. The van der Waals surface area contributed by atoms with Gasteiger partial charge >= 0.3 is 0 Å². The van der Waals surface area contributed by atoms with Gasteiger partial charge < -0.3 is 11.1 Å². The van der Waals surface area contributed by atoms with Gasteiger partial charge in [0.15, 0.2) is 0 Å². The van der Waals surface area contributed by atoms with E-state index in [2.05, 4.69) is 15.3 Å². The van der Waals surface area contributed by atoms with Crippen LogP contribution >= 0.6 is 11.3 Å². The first kappa shape index (κ1) is 12.7. The summed E-state index contributed by atoms with van der Waals surface area (Å²) in [4.78, 5) is 9.97. The Bertz CT molecular complexity index is 800. The zero-order chi connectivity index (χ0) is 14.3. The van der Waals surface area contributed by atoms with E-state index in [4.69, 9.17) is 5.73 Å². The van der Waals surface area contributed by atoms with Gasteiger partial charge in [0.2, 0.25) is 5.95 Å². The van der Waals surface area contributed by atoms with Crippen molar-refractivity contribution in [2.24, 2.45) is 0 Å². The number of nitrogen functional groups attached to an aromatic ring is 1. The average molecular weight is 292 g/mol. The Labute approximate surface area is 117 Å². The molecule has 1 aromatic carbocycles. The van der Waals surface area contributed by atoms with Gasteiger partial charge in [-0.1, -0.05) is 0 Å². The van der Waals surface area contributed by atoms with Crippen LogP contribution in [-0.2, 0) is 0 Å². The van der Waals surface area contributed by atoms with Crippen LogP contribution in [0.1, 0.15) is 4.88 Å². The molecule has 3 aromatic rings. The van der Waals surface area contributed by atoms with Crippen molar-refractivity contribution in [2.75, 3.05) is 11.1 Å². The number of halogens is 2. The van der Waals surface area contributed by atoms with Crippen LogP contribution in [0.5, 0.6) is 0 Å². The maximum atomic E-state index is 13.7. The summed E-state index contributed by atoms with van der Waals surface area (Å²) in [6.45, 7) is 1.94. The summed E-state index contributed by atoms with van der Waals surface area (Å²) in [6, 6.07) is 5.19. The molecule has 0 bridgehead atoms. The second kappa shape index (κ2) is 4.68. The molecule has 0 spiro atoms. The Hall–Kier alpha value is -2.28.